The zero-order chi connectivity index (χ0) is 9.26. The van der Waals surface area contributed by atoms with E-state index in [9.17, 15) is 0 Å². The van der Waals surface area contributed by atoms with E-state index in [4.69, 9.17) is 0 Å². The average molecular weight is 196 g/mol. The van der Waals surface area contributed by atoms with Crippen molar-refractivity contribution < 1.29 is 0 Å². The van der Waals surface area contributed by atoms with Gasteiger partial charge in [0.05, 0.1) is 5.69 Å². The maximum absolute atomic E-state index is 4.60. The number of hydrogen-bond donors (Lipinski definition) is 1. The molecule has 0 saturated carbocycles. The summed E-state index contributed by atoms with van der Waals surface area (Å²) >= 11 is 1.84. The van der Waals surface area contributed by atoms with Gasteiger partial charge < -0.3 is 5.32 Å². The number of fused-ring (bicyclic) bond motifs is 1. The van der Waals surface area contributed by atoms with Gasteiger partial charge in [-0.25, -0.2) is 4.98 Å². The lowest BCUT2D eigenvalue weighted by atomic mass is 10.0. The first kappa shape index (κ1) is 9.00. The molecule has 0 aliphatic heterocycles. The second kappa shape index (κ2) is 3.66. The predicted molar refractivity (Wildman–Crippen MR) is 57.5 cm³/mol. The number of nitrogens with zero attached hydrogens (tertiary/aromatic N) is 1. The maximum Gasteiger partial charge on any atom is 0.183 e. The Morgan fingerprint density at radius 1 is 1.31 bits per heavy atom. The van der Waals surface area contributed by atoms with Crippen molar-refractivity contribution in [1.82, 2.24) is 4.98 Å². The highest BCUT2D eigenvalue weighted by Crippen LogP contribution is 2.29. The van der Waals surface area contributed by atoms with Gasteiger partial charge in [-0.05, 0) is 39.5 Å². The zero-order valence-electron chi connectivity index (χ0n) is 8.26. The number of aromatic nitrogens is 1. The molecule has 0 atom stereocenters. The Morgan fingerprint density at radius 3 is 2.77 bits per heavy atom. The van der Waals surface area contributed by atoms with Crippen LogP contribution in [0.2, 0.25) is 0 Å². The van der Waals surface area contributed by atoms with Crippen LogP contribution in [0.3, 0.4) is 0 Å². The molecule has 2 rings (SSSR count). The highest BCUT2D eigenvalue weighted by atomic mass is 32.1. The van der Waals surface area contributed by atoms with Crippen molar-refractivity contribution >= 4 is 16.5 Å². The Labute approximate surface area is 83.4 Å². The molecule has 1 aliphatic rings. The van der Waals surface area contributed by atoms with Gasteiger partial charge >= 0.3 is 0 Å². The van der Waals surface area contributed by atoms with Gasteiger partial charge in [-0.15, -0.1) is 11.3 Å². The molecule has 0 aromatic carbocycles. The van der Waals surface area contributed by atoms with E-state index in [1.54, 1.807) is 0 Å². The summed E-state index contributed by atoms with van der Waals surface area (Å²) in [6.07, 6.45) is 5.09. The van der Waals surface area contributed by atoms with Crippen LogP contribution in [0, 0.1) is 0 Å². The van der Waals surface area contributed by atoms with E-state index in [2.05, 4.69) is 24.1 Å². The minimum Gasteiger partial charge on any atom is -0.359 e. The Balaban J connectivity index is 2.15. The second-order valence-electron chi connectivity index (χ2n) is 3.90. The molecular formula is C10H16N2S. The van der Waals surface area contributed by atoms with E-state index in [1.165, 1.54) is 36.3 Å². The van der Waals surface area contributed by atoms with E-state index < -0.39 is 0 Å². The molecule has 3 heteroatoms. The number of anilines is 1. The van der Waals surface area contributed by atoms with Gasteiger partial charge in [0.15, 0.2) is 5.13 Å². The fraction of sp³-hybridized carbons (Fsp3) is 0.700. The molecule has 1 heterocycles. The normalized spacial score (nSPS) is 15.9. The monoisotopic (exact) mass is 196 g/mol. The first-order valence-corrected chi connectivity index (χ1v) is 5.82. The van der Waals surface area contributed by atoms with Crippen molar-refractivity contribution in [2.45, 2.75) is 45.6 Å². The lowest BCUT2D eigenvalue weighted by molar-refractivity contribution is 0.682. The van der Waals surface area contributed by atoms with Gasteiger partial charge in [0.25, 0.3) is 0 Å². The minimum atomic E-state index is 0.493. The fourth-order valence-corrected chi connectivity index (χ4v) is 2.86. The highest BCUT2D eigenvalue weighted by Gasteiger charge is 2.14. The summed E-state index contributed by atoms with van der Waals surface area (Å²) in [5.41, 5.74) is 1.35. The Kier molecular flexibility index (Phi) is 2.54. The fourth-order valence-electron chi connectivity index (χ4n) is 1.66. The van der Waals surface area contributed by atoms with Crippen LogP contribution >= 0.6 is 11.3 Å². The van der Waals surface area contributed by atoms with E-state index in [1.807, 2.05) is 11.3 Å². The summed E-state index contributed by atoms with van der Waals surface area (Å²) < 4.78 is 0. The number of nitrogens with one attached hydrogen (secondary N) is 1. The van der Waals surface area contributed by atoms with Gasteiger partial charge in [0.2, 0.25) is 0 Å². The second-order valence-corrected chi connectivity index (χ2v) is 4.98. The van der Waals surface area contributed by atoms with Gasteiger partial charge in [0.1, 0.15) is 0 Å². The summed E-state index contributed by atoms with van der Waals surface area (Å²) in [7, 11) is 0. The van der Waals surface area contributed by atoms with Crippen LogP contribution in [-0.2, 0) is 12.8 Å². The van der Waals surface area contributed by atoms with E-state index in [0.29, 0.717) is 6.04 Å². The summed E-state index contributed by atoms with van der Waals surface area (Å²) in [4.78, 5) is 6.11. The number of hydrogen-bond acceptors (Lipinski definition) is 3. The largest absolute Gasteiger partial charge is 0.359 e. The molecule has 0 bridgehead atoms. The highest BCUT2D eigenvalue weighted by molar-refractivity contribution is 7.15. The molecule has 0 amide bonds. The van der Waals surface area contributed by atoms with Gasteiger partial charge in [-0.1, -0.05) is 0 Å². The van der Waals surface area contributed by atoms with E-state index >= 15 is 0 Å². The van der Waals surface area contributed by atoms with Crippen molar-refractivity contribution in [1.29, 1.82) is 0 Å². The molecule has 1 aromatic rings. The van der Waals surface area contributed by atoms with Crippen molar-refractivity contribution in [2.75, 3.05) is 5.32 Å². The first-order valence-electron chi connectivity index (χ1n) is 5.01. The van der Waals surface area contributed by atoms with Crippen LogP contribution in [0.5, 0.6) is 0 Å². The topological polar surface area (TPSA) is 24.9 Å². The average Bonchev–Trinajstić information content (AvgIpc) is 2.44. The van der Waals surface area contributed by atoms with Crippen molar-refractivity contribution in [2.24, 2.45) is 0 Å². The summed E-state index contributed by atoms with van der Waals surface area (Å²) in [6.45, 7) is 4.31. The molecule has 72 valence electrons. The van der Waals surface area contributed by atoms with Crippen LogP contribution in [0.4, 0.5) is 5.13 Å². The molecule has 13 heavy (non-hydrogen) atoms. The van der Waals surface area contributed by atoms with Gasteiger partial charge in [0, 0.05) is 10.9 Å². The standard InChI is InChI=1S/C10H16N2S/c1-7(2)11-10-12-8-5-3-4-6-9(8)13-10/h7H,3-6H2,1-2H3,(H,11,12). The molecule has 0 radical (unpaired) electrons. The molecule has 1 aliphatic carbocycles. The quantitative estimate of drug-likeness (QED) is 0.786. The van der Waals surface area contributed by atoms with E-state index in [0.717, 1.165) is 5.13 Å². The molecule has 0 spiro atoms. The number of aryl methyl sites for hydroxylation is 2. The van der Waals surface area contributed by atoms with Crippen LogP contribution in [-0.4, -0.2) is 11.0 Å². The summed E-state index contributed by atoms with van der Waals surface area (Å²) in [6, 6.07) is 0.493. The predicted octanol–water partition coefficient (Wildman–Crippen LogP) is 2.84. The lowest BCUT2D eigenvalue weighted by Crippen LogP contribution is -2.09. The van der Waals surface area contributed by atoms with Gasteiger partial charge in [-0.3, -0.25) is 0 Å². The Morgan fingerprint density at radius 2 is 2.08 bits per heavy atom. The third-order valence-electron chi connectivity index (χ3n) is 2.26. The first-order chi connectivity index (χ1) is 6.25. The van der Waals surface area contributed by atoms with Crippen LogP contribution in [0.15, 0.2) is 0 Å². The maximum atomic E-state index is 4.60. The molecule has 0 fully saturated rings. The number of thiazole rings is 1. The van der Waals surface area contributed by atoms with Crippen molar-refractivity contribution in [3.8, 4) is 0 Å². The van der Waals surface area contributed by atoms with Gasteiger partial charge in [-0.2, -0.15) is 0 Å². The summed E-state index contributed by atoms with van der Waals surface area (Å²) in [5.74, 6) is 0. The molecule has 2 nitrogen and oxygen atoms in total. The minimum absolute atomic E-state index is 0.493. The molecule has 0 unspecified atom stereocenters. The van der Waals surface area contributed by atoms with Crippen LogP contribution in [0.1, 0.15) is 37.3 Å². The Hall–Kier alpha value is -0.570. The molecule has 1 N–H and O–H groups in total. The lowest BCUT2D eigenvalue weighted by Gasteiger charge is -2.06. The third kappa shape index (κ3) is 2.02. The molecular weight excluding hydrogens is 180 g/mol. The third-order valence-corrected chi connectivity index (χ3v) is 3.35. The summed E-state index contributed by atoms with van der Waals surface area (Å²) in [5, 5.41) is 4.48. The van der Waals surface area contributed by atoms with Crippen LogP contribution in [0.25, 0.3) is 0 Å². The molecule has 1 aromatic heterocycles. The number of rotatable bonds is 2. The zero-order valence-corrected chi connectivity index (χ0v) is 9.08. The van der Waals surface area contributed by atoms with Crippen LogP contribution < -0.4 is 5.32 Å². The van der Waals surface area contributed by atoms with Crippen molar-refractivity contribution in [3.05, 3.63) is 10.6 Å². The van der Waals surface area contributed by atoms with E-state index in [-0.39, 0.29) is 0 Å². The van der Waals surface area contributed by atoms with Crippen molar-refractivity contribution in [3.63, 3.8) is 0 Å². The smallest absolute Gasteiger partial charge is 0.183 e. The SMILES string of the molecule is CC(C)Nc1nc2c(s1)CCCC2. The Bertz CT molecular complexity index is 268. The molecule has 0 saturated heterocycles.